The third kappa shape index (κ3) is 3.08. The van der Waals surface area contributed by atoms with Crippen molar-refractivity contribution >= 4 is 16.5 Å². The van der Waals surface area contributed by atoms with E-state index in [-0.39, 0.29) is 11.6 Å². The van der Waals surface area contributed by atoms with Crippen molar-refractivity contribution in [3.05, 3.63) is 70.6 Å². The molecule has 0 atom stereocenters. The van der Waals surface area contributed by atoms with Gasteiger partial charge in [0.05, 0.1) is 5.69 Å². The normalized spacial score (nSPS) is 10.8. The summed E-state index contributed by atoms with van der Waals surface area (Å²) in [5, 5.41) is 0.464. The highest BCUT2D eigenvalue weighted by Gasteiger charge is 2.12. The van der Waals surface area contributed by atoms with Gasteiger partial charge in [0.1, 0.15) is 11.6 Å². The Morgan fingerprint density at radius 1 is 0.905 bits per heavy atom. The molecule has 3 rings (SSSR count). The van der Waals surface area contributed by atoms with E-state index in [0.29, 0.717) is 11.6 Å². The summed E-state index contributed by atoms with van der Waals surface area (Å²) in [7, 11) is 0. The minimum atomic E-state index is -0.290. The average Bonchev–Trinajstić information content (AvgIpc) is 2.83. The second-order valence-electron chi connectivity index (χ2n) is 4.63. The maximum atomic E-state index is 13.0. The Labute approximate surface area is 124 Å². The summed E-state index contributed by atoms with van der Waals surface area (Å²) >= 11 is 1.39. The van der Waals surface area contributed by atoms with Crippen molar-refractivity contribution in [2.75, 3.05) is 5.73 Å². The minimum Gasteiger partial charge on any atom is -0.375 e. The van der Waals surface area contributed by atoms with E-state index in [1.165, 1.54) is 35.6 Å². The van der Waals surface area contributed by atoms with E-state index in [2.05, 4.69) is 4.98 Å². The molecular formula is C16H12F2N2S. The first-order valence-corrected chi connectivity index (χ1v) is 7.19. The number of benzene rings is 2. The van der Waals surface area contributed by atoms with E-state index in [1.54, 1.807) is 24.3 Å². The average molecular weight is 302 g/mol. The minimum absolute atomic E-state index is 0.263. The predicted octanol–water partition coefficient (Wildman–Crippen LogP) is 4.26. The second-order valence-corrected chi connectivity index (χ2v) is 5.75. The molecule has 0 fully saturated rings. The first kappa shape index (κ1) is 13.7. The standard InChI is InChI=1S/C16H12F2N2S/c17-12-5-1-10(2-6-12)9-14-15(20-16(19)21-14)11-3-7-13(18)8-4-11/h1-8H,9H2,(H2,19,20). The van der Waals surface area contributed by atoms with Gasteiger partial charge >= 0.3 is 0 Å². The molecule has 0 spiro atoms. The third-order valence-electron chi connectivity index (χ3n) is 3.11. The lowest BCUT2D eigenvalue weighted by molar-refractivity contribution is 0.627. The Kier molecular flexibility index (Phi) is 3.66. The van der Waals surface area contributed by atoms with Crippen molar-refractivity contribution in [2.24, 2.45) is 0 Å². The fourth-order valence-electron chi connectivity index (χ4n) is 2.11. The van der Waals surface area contributed by atoms with Crippen LogP contribution in [0.25, 0.3) is 11.3 Å². The van der Waals surface area contributed by atoms with Gasteiger partial charge in [0.25, 0.3) is 0 Å². The Hall–Kier alpha value is -2.27. The number of thiazole rings is 1. The molecule has 21 heavy (non-hydrogen) atoms. The summed E-state index contributed by atoms with van der Waals surface area (Å²) in [6, 6.07) is 12.5. The molecule has 1 aromatic heterocycles. The maximum absolute atomic E-state index is 13.0. The van der Waals surface area contributed by atoms with Gasteiger partial charge in [-0.1, -0.05) is 12.1 Å². The molecule has 0 bridgehead atoms. The monoisotopic (exact) mass is 302 g/mol. The summed E-state index contributed by atoms with van der Waals surface area (Å²) in [6.07, 6.45) is 0.613. The number of hydrogen-bond donors (Lipinski definition) is 1. The SMILES string of the molecule is Nc1nc(-c2ccc(F)cc2)c(Cc2ccc(F)cc2)s1. The second kappa shape index (κ2) is 5.61. The van der Waals surface area contributed by atoms with Crippen molar-refractivity contribution in [1.29, 1.82) is 0 Å². The zero-order valence-corrected chi connectivity index (χ0v) is 11.8. The van der Waals surface area contributed by atoms with Crippen LogP contribution in [0.2, 0.25) is 0 Å². The van der Waals surface area contributed by atoms with E-state index >= 15 is 0 Å². The highest BCUT2D eigenvalue weighted by Crippen LogP contribution is 2.31. The molecule has 1 heterocycles. The quantitative estimate of drug-likeness (QED) is 0.785. The number of anilines is 1. The molecule has 0 unspecified atom stereocenters. The largest absolute Gasteiger partial charge is 0.375 e. The molecule has 0 saturated carbocycles. The molecule has 3 aromatic rings. The highest BCUT2D eigenvalue weighted by molar-refractivity contribution is 7.15. The molecule has 0 aliphatic rings. The lowest BCUT2D eigenvalue weighted by atomic mass is 10.1. The Bertz CT molecular complexity index is 749. The number of hydrogen-bond acceptors (Lipinski definition) is 3. The van der Waals surface area contributed by atoms with Gasteiger partial charge in [-0.05, 0) is 42.0 Å². The van der Waals surface area contributed by atoms with Crippen LogP contribution >= 0.6 is 11.3 Å². The first-order valence-electron chi connectivity index (χ1n) is 6.37. The smallest absolute Gasteiger partial charge is 0.180 e. The summed E-state index contributed by atoms with van der Waals surface area (Å²) in [6.45, 7) is 0. The molecule has 0 aliphatic carbocycles. The topological polar surface area (TPSA) is 38.9 Å². The van der Waals surface area contributed by atoms with Crippen LogP contribution in [0.3, 0.4) is 0 Å². The fourth-order valence-corrected chi connectivity index (χ4v) is 3.00. The molecule has 2 nitrogen and oxygen atoms in total. The van der Waals surface area contributed by atoms with Crippen LogP contribution in [0, 0.1) is 11.6 Å². The van der Waals surface area contributed by atoms with Crippen LogP contribution in [0.15, 0.2) is 48.5 Å². The third-order valence-corrected chi connectivity index (χ3v) is 3.99. The van der Waals surface area contributed by atoms with Crippen molar-refractivity contribution in [3.63, 3.8) is 0 Å². The Balaban J connectivity index is 1.95. The van der Waals surface area contributed by atoms with E-state index in [0.717, 1.165) is 21.7 Å². The number of rotatable bonds is 3. The first-order chi connectivity index (χ1) is 10.1. The summed E-state index contributed by atoms with van der Waals surface area (Å²) in [4.78, 5) is 5.30. The molecule has 5 heteroatoms. The molecule has 0 amide bonds. The van der Waals surface area contributed by atoms with Crippen LogP contribution in [0.5, 0.6) is 0 Å². The molecular weight excluding hydrogens is 290 g/mol. The number of halogens is 2. The number of aromatic nitrogens is 1. The summed E-state index contributed by atoms with van der Waals surface area (Å²) in [5.74, 6) is -0.552. The van der Waals surface area contributed by atoms with E-state index in [1.807, 2.05) is 0 Å². The molecule has 0 radical (unpaired) electrons. The molecule has 2 aromatic carbocycles. The highest BCUT2D eigenvalue weighted by atomic mass is 32.1. The van der Waals surface area contributed by atoms with Crippen LogP contribution in [0.4, 0.5) is 13.9 Å². The molecule has 106 valence electrons. The molecule has 0 aliphatic heterocycles. The maximum Gasteiger partial charge on any atom is 0.180 e. The summed E-state index contributed by atoms with van der Waals surface area (Å²) in [5.41, 5.74) is 8.35. The zero-order chi connectivity index (χ0) is 14.8. The van der Waals surface area contributed by atoms with Gasteiger partial charge in [-0.3, -0.25) is 0 Å². The lowest BCUT2D eigenvalue weighted by Gasteiger charge is -2.03. The Morgan fingerprint density at radius 2 is 1.48 bits per heavy atom. The van der Waals surface area contributed by atoms with E-state index in [4.69, 9.17) is 5.73 Å². The summed E-state index contributed by atoms with van der Waals surface area (Å²) < 4.78 is 26.0. The van der Waals surface area contributed by atoms with E-state index in [9.17, 15) is 8.78 Å². The number of nitrogen functional groups attached to an aromatic ring is 1. The van der Waals surface area contributed by atoms with Crippen molar-refractivity contribution < 1.29 is 8.78 Å². The van der Waals surface area contributed by atoms with Crippen LogP contribution in [-0.2, 0) is 6.42 Å². The van der Waals surface area contributed by atoms with Crippen molar-refractivity contribution in [3.8, 4) is 11.3 Å². The predicted molar refractivity (Wildman–Crippen MR) is 81.1 cm³/mol. The van der Waals surface area contributed by atoms with Crippen molar-refractivity contribution in [2.45, 2.75) is 6.42 Å². The lowest BCUT2D eigenvalue weighted by Crippen LogP contribution is -1.90. The van der Waals surface area contributed by atoms with Gasteiger partial charge in [-0.2, -0.15) is 0 Å². The van der Waals surface area contributed by atoms with E-state index < -0.39 is 0 Å². The van der Waals surface area contributed by atoms with Crippen LogP contribution in [-0.4, -0.2) is 4.98 Å². The van der Waals surface area contributed by atoms with Gasteiger partial charge in [-0.15, -0.1) is 11.3 Å². The van der Waals surface area contributed by atoms with Crippen LogP contribution < -0.4 is 5.73 Å². The van der Waals surface area contributed by atoms with Gasteiger partial charge in [0.15, 0.2) is 5.13 Å². The fraction of sp³-hybridized carbons (Fsp3) is 0.0625. The Morgan fingerprint density at radius 3 is 2.10 bits per heavy atom. The van der Waals surface area contributed by atoms with Gasteiger partial charge < -0.3 is 5.73 Å². The molecule has 2 N–H and O–H groups in total. The zero-order valence-electron chi connectivity index (χ0n) is 11.0. The van der Waals surface area contributed by atoms with Gasteiger partial charge in [-0.25, -0.2) is 13.8 Å². The number of nitrogens with zero attached hydrogens (tertiary/aromatic N) is 1. The molecule has 0 saturated heterocycles. The van der Waals surface area contributed by atoms with Gasteiger partial charge in [0, 0.05) is 16.9 Å². The van der Waals surface area contributed by atoms with Crippen molar-refractivity contribution in [1.82, 2.24) is 4.98 Å². The van der Waals surface area contributed by atoms with Gasteiger partial charge in [0.2, 0.25) is 0 Å². The van der Waals surface area contributed by atoms with Crippen LogP contribution in [0.1, 0.15) is 10.4 Å². The number of nitrogens with two attached hydrogens (primary N) is 1.